The van der Waals surface area contributed by atoms with Gasteiger partial charge >= 0.3 is 6.80 Å². The summed E-state index contributed by atoms with van der Waals surface area (Å²) in [6.07, 6.45) is 0.152. The van der Waals surface area contributed by atoms with Crippen molar-refractivity contribution in [2.45, 2.75) is 11.7 Å². The van der Waals surface area contributed by atoms with Crippen LogP contribution in [0.3, 0.4) is 0 Å². The largest absolute Gasteiger partial charge is 0.493 e. The lowest BCUT2D eigenvalue weighted by molar-refractivity contribution is 0.0982. The van der Waals surface area contributed by atoms with Gasteiger partial charge in [-0.25, -0.2) is 4.57 Å². The summed E-state index contributed by atoms with van der Waals surface area (Å²) in [5.74, 6) is 0.832. The Morgan fingerprint density at radius 2 is 1.09 bits per heavy atom. The third kappa shape index (κ3) is 6.61. The van der Waals surface area contributed by atoms with Gasteiger partial charge in [0.1, 0.15) is 11.5 Å². The van der Waals surface area contributed by atoms with Gasteiger partial charge in [-0.15, -0.1) is 0 Å². The maximum absolute atomic E-state index is 14.1. The Labute approximate surface area is 197 Å². The molecule has 0 heterocycles. The predicted molar refractivity (Wildman–Crippen MR) is 134 cm³/mol. The fraction of sp³-hybridized carbons (Fsp3) is 0.0741. The van der Waals surface area contributed by atoms with E-state index >= 15 is 0 Å². The summed E-state index contributed by atoms with van der Waals surface area (Å²) in [4.78, 5) is 13.0. The maximum Gasteiger partial charge on any atom is 0.493 e. The molecule has 4 aromatic carbocycles. The summed E-state index contributed by atoms with van der Waals surface area (Å²) < 4.78 is 25.9. The highest BCUT2D eigenvalue weighted by Crippen LogP contribution is 2.65. The molecule has 166 valence electrons. The van der Waals surface area contributed by atoms with Crippen molar-refractivity contribution in [1.29, 1.82) is 0 Å². The minimum atomic E-state index is -3.77. The lowest BCUT2D eigenvalue weighted by Gasteiger charge is -2.24. The normalized spacial score (nSPS) is 12.0. The zero-order chi connectivity index (χ0) is 22.9. The Hall–Kier alpha value is -3.27. The van der Waals surface area contributed by atoms with Gasteiger partial charge in [-0.3, -0.25) is 4.79 Å². The highest BCUT2D eigenvalue weighted by molar-refractivity contribution is 8.55. The monoisotopic (exact) mass is 474 g/mol. The van der Waals surface area contributed by atoms with Crippen LogP contribution in [0, 0.1) is 0 Å². The van der Waals surface area contributed by atoms with Crippen molar-refractivity contribution in [3.63, 3.8) is 0 Å². The second-order valence-corrected chi connectivity index (χ2v) is 11.3. The topological polar surface area (TPSA) is 52.6 Å². The molecule has 0 spiro atoms. The molecular formula is C27H23O4PS. The van der Waals surface area contributed by atoms with Crippen LogP contribution >= 0.6 is 18.2 Å². The van der Waals surface area contributed by atoms with Crippen molar-refractivity contribution in [3.05, 3.63) is 132 Å². The lowest BCUT2D eigenvalue weighted by Crippen LogP contribution is -2.08. The summed E-state index contributed by atoms with van der Waals surface area (Å²) in [6, 6.07) is 36.5. The number of hydrogen-bond acceptors (Lipinski definition) is 5. The molecule has 0 radical (unpaired) electrons. The number of benzene rings is 4. The van der Waals surface area contributed by atoms with E-state index in [1.807, 2.05) is 60.7 Å². The molecule has 0 saturated heterocycles. The van der Waals surface area contributed by atoms with E-state index in [4.69, 9.17) is 9.05 Å². The number of rotatable bonds is 10. The number of ketones is 1. The summed E-state index contributed by atoms with van der Waals surface area (Å²) >= 11 is 1.05. The third-order valence-corrected chi connectivity index (χ3v) is 8.62. The Morgan fingerprint density at radius 1 is 0.667 bits per heavy atom. The van der Waals surface area contributed by atoms with E-state index in [0.717, 1.165) is 16.9 Å². The number of carbonyl (C=O) groups excluding carboxylic acids is 1. The lowest BCUT2D eigenvalue weighted by atomic mass is 10.0. The minimum absolute atomic E-state index is 0.0390. The van der Waals surface area contributed by atoms with Crippen LogP contribution in [0.25, 0.3) is 0 Å². The van der Waals surface area contributed by atoms with E-state index in [2.05, 4.69) is 0 Å². The molecule has 0 fully saturated rings. The molecule has 4 nitrogen and oxygen atoms in total. The first-order chi connectivity index (χ1) is 16.1. The van der Waals surface area contributed by atoms with Gasteiger partial charge in [0.05, 0.1) is 5.25 Å². The summed E-state index contributed by atoms with van der Waals surface area (Å²) in [7, 11) is 0. The molecule has 0 aliphatic heterocycles. The molecule has 0 amide bonds. The molecule has 0 aromatic heterocycles. The summed E-state index contributed by atoms with van der Waals surface area (Å²) in [5, 5.41) is -0.433. The Bertz CT molecular complexity index is 1160. The average Bonchev–Trinajstić information content (AvgIpc) is 2.86. The Morgan fingerprint density at radius 3 is 1.58 bits per heavy atom. The van der Waals surface area contributed by atoms with Gasteiger partial charge in [-0.05, 0) is 41.2 Å². The van der Waals surface area contributed by atoms with E-state index in [9.17, 15) is 9.36 Å². The molecule has 0 aliphatic rings. The van der Waals surface area contributed by atoms with Crippen LogP contribution in [0.2, 0.25) is 0 Å². The molecular weight excluding hydrogens is 451 g/mol. The number of hydrogen-bond donors (Lipinski definition) is 0. The van der Waals surface area contributed by atoms with Gasteiger partial charge in [0.15, 0.2) is 5.78 Å². The first-order valence-electron chi connectivity index (χ1n) is 10.5. The van der Waals surface area contributed by atoms with Crippen LogP contribution in [0.5, 0.6) is 11.5 Å². The van der Waals surface area contributed by atoms with Crippen LogP contribution < -0.4 is 9.05 Å². The second-order valence-electron chi connectivity index (χ2n) is 7.25. The first-order valence-corrected chi connectivity index (χ1v) is 13.5. The number of para-hydroxylation sites is 2. The molecule has 6 heteroatoms. The third-order valence-electron chi connectivity index (χ3n) is 4.82. The highest BCUT2D eigenvalue weighted by atomic mass is 32.7. The van der Waals surface area contributed by atoms with Crippen molar-refractivity contribution < 1.29 is 18.4 Å². The van der Waals surface area contributed by atoms with Crippen molar-refractivity contribution in [1.82, 2.24) is 0 Å². The minimum Gasteiger partial charge on any atom is -0.408 e. The van der Waals surface area contributed by atoms with Gasteiger partial charge in [-0.1, -0.05) is 97.1 Å². The van der Waals surface area contributed by atoms with Gasteiger partial charge in [-0.2, -0.15) is 0 Å². The molecule has 0 N–H and O–H groups in total. The Balaban J connectivity index is 1.65. The van der Waals surface area contributed by atoms with Gasteiger partial charge in [0, 0.05) is 12.0 Å². The molecule has 1 atom stereocenters. The van der Waals surface area contributed by atoms with Gasteiger partial charge in [0.2, 0.25) is 0 Å². The quantitative estimate of drug-likeness (QED) is 0.172. The van der Waals surface area contributed by atoms with Crippen molar-refractivity contribution in [2.75, 3.05) is 0 Å². The molecule has 0 aliphatic carbocycles. The van der Waals surface area contributed by atoms with Gasteiger partial charge < -0.3 is 9.05 Å². The molecule has 33 heavy (non-hydrogen) atoms. The van der Waals surface area contributed by atoms with Crippen molar-refractivity contribution in [2.24, 2.45) is 0 Å². The van der Waals surface area contributed by atoms with E-state index in [1.165, 1.54) is 0 Å². The van der Waals surface area contributed by atoms with E-state index in [-0.39, 0.29) is 12.2 Å². The molecule has 0 unspecified atom stereocenters. The molecule has 4 aromatic rings. The Kier molecular flexibility index (Phi) is 7.66. The molecule has 0 bridgehead atoms. The van der Waals surface area contributed by atoms with Crippen molar-refractivity contribution in [3.8, 4) is 11.5 Å². The molecule has 4 rings (SSSR count). The van der Waals surface area contributed by atoms with Crippen LogP contribution in [-0.4, -0.2) is 5.78 Å². The predicted octanol–water partition coefficient (Wildman–Crippen LogP) is 8.00. The smallest absolute Gasteiger partial charge is 0.408 e. The number of Topliss-reactive ketones (excluding diaryl/α,β-unsaturated/α-hetero) is 1. The van der Waals surface area contributed by atoms with Crippen LogP contribution in [0.15, 0.2) is 121 Å². The SMILES string of the molecule is O=C(C[C@@H](SP(=O)(Oc1ccccc1)Oc1ccccc1)c1ccccc1)c1ccccc1. The van der Waals surface area contributed by atoms with Crippen LogP contribution in [0.1, 0.15) is 27.6 Å². The second kappa shape index (κ2) is 11.0. The van der Waals surface area contributed by atoms with Crippen LogP contribution in [0.4, 0.5) is 0 Å². The molecule has 0 saturated carbocycles. The fourth-order valence-electron chi connectivity index (χ4n) is 3.23. The number of carbonyl (C=O) groups is 1. The first kappa shape index (κ1) is 22.9. The van der Waals surface area contributed by atoms with Gasteiger partial charge in [0.25, 0.3) is 0 Å². The van der Waals surface area contributed by atoms with Crippen LogP contribution in [-0.2, 0) is 4.57 Å². The standard InChI is InChI=1S/C27H23O4PS/c28-26(22-13-5-1-6-14-22)21-27(23-15-7-2-8-16-23)33-32(29,30-24-17-9-3-10-18-24)31-25-19-11-4-12-20-25/h1-20,27H,21H2/t27-/m1/s1. The van der Waals surface area contributed by atoms with E-state index in [1.54, 1.807) is 60.7 Å². The zero-order valence-electron chi connectivity index (χ0n) is 17.8. The van der Waals surface area contributed by atoms with Crippen molar-refractivity contribution >= 4 is 24.0 Å². The zero-order valence-corrected chi connectivity index (χ0v) is 19.5. The van der Waals surface area contributed by atoms with E-state index < -0.39 is 12.0 Å². The highest BCUT2D eigenvalue weighted by Gasteiger charge is 2.35. The fourth-order valence-corrected chi connectivity index (χ4v) is 7.23. The van der Waals surface area contributed by atoms with E-state index in [0.29, 0.717) is 17.1 Å². The average molecular weight is 475 g/mol. The maximum atomic E-state index is 14.1. The summed E-state index contributed by atoms with van der Waals surface area (Å²) in [5.41, 5.74) is 1.49. The summed E-state index contributed by atoms with van der Waals surface area (Å²) in [6.45, 7) is -3.77.